The van der Waals surface area contributed by atoms with Gasteiger partial charge < -0.3 is 0 Å². The summed E-state index contributed by atoms with van der Waals surface area (Å²) in [4.78, 5) is 0. The van der Waals surface area contributed by atoms with Crippen LogP contribution in [0.3, 0.4) is 0 Å². The van der Waals surface area contributed by atoms with Crippen LogP contribution in [0.25, 0.3) is 11.1 Å². The Morgan fingerprint density at radius 3 is 0.975 bits per heavy atom. The van der Waals surface area contributed by atoms with Crippen LogP contribution in [0.1, 0.15) is 0 Å². The van der Waals surface area contributed by atoms with Crippen molar-refractivity contribution in [2.45, 2.75) is 0 Å². The van der Waals surface area contributed by atoms with Crippen molar-refractivity contribution in [3.05, 3.63) is 112 Å². The minimum Gasteiger partial charge on any atom is -0.207 e. The molecule has 0 aliphatic carbocycles. The molecule has 0 atom stereocenters. The Labute approximate surface area is 212 Å². The molecule has 0 aromatic heterocycles. The summed E-state index contributed by atoms with van der Waals surface area (Å²) >= 11 is 0. The van der Waals surface area contributed by atoms with E-state index in [-0.39, 0.29) is 24.3 Å². The van der Waals surface area contributed by atoms with Gasteiger partial charge in [-0.15, -0.1) is 0 Å². The lowest BCUT2D eigenvalue weighted by Gasteiger charge is -2.23. The first-order chi connectivity index (χ1) is 18.6. The number of rotatable bonds is 4. The molecule has 4 aromatic carbocycles. The molecule has 0 heterocycles. The molecular weight excluding hydrogens is 584 g/mol. The van der Waals surface area contributed by atoms with Crippen LogP contribution in [0.2, 0.25) is 0 Å². The quantitative estimate of drug-likeness (QED) is 0.120. The highest BCUT2D eigenvalue weighted by Gasteiger charge is 2.43. The Balaban J connectivity index is 2.36. The van der Waals surface area contributed by atoms with Gasteiger partial charge in [0.15, 0.2) is 69.8 Å². The Morgan fingerprint density at radius 2 is 0.575 bits per heavy atom. The Morgan fingerprint density at radius 1 is 0.275 bits per heavy atom. The molecule has 0 radical (unpaired) electrons. The highest BCUT2D eigenvalue weighted by atomic mass is 19.2. The van der Waals surface area contributed by atoms with Crippen molar-refractivity contribution in [1.29, 1.82) is 0 Å². The molecule has 16 heteroatoms. The predicted molar refractivity (Wildman–Crippen MR) is 109 cm³/mol. The first-order valence-electron chi connectivity index (χ1n) is 10.3. The summed E-state index contributed by atoms with van der Waals surface area (Å²) in [6.07, 6.45) is 0. The average Bonchev–Trinajstić information content (AvgIpc) is 2.92. The van der Waals surface area contributed by atoms with Crippen molar-refractivity contribution in [1.82, 2.24) is 0 Å². The van der Waals surface area contributed by atoms with Crippen molar-refractivity contribution < 1.29 is 65.9 Å². The smallest absolute Gasteiger partial charge is 0.207 e. The number of hydrogen-bond donors (Lipinski definition) is 0. The van der Waals surface area contributed by atoms with Gasteiger partial charge in [-0.25, -0.2) is 65.9 Å². The molecule has 0 saturated carbocycles. The van der Waals surface area contributed by atoms with E-state index < -0.39 is 121 Å². The monoisotopic (exact) mass is 588 g/mol. The fraction of sp³-hybridized carbons (Fsp3) is 0. The van der Waals surface area contributed by atoms with E-state index in [0.29, 0.717) is 0 Å². The number of hydrogen-bond acceptors (Lipinski definition) is 0. The Hall–Kier alpha value is -4.11. The van der Waals surface area contributed by atoms with Crippen molar-refractivity contribution in [3.63, 3.8) is 0 Å². The average molecular weight is 588 g/mol. The van der Waals surface area contributed by atoms with Crippen molar-refractivity contribution in [2.24, 2.45) is 0 Å². The van der Waals surface area contributed by atoms with E-state index >= 15 is 8.78 Å². The zero-order valence-corrected chi connectivity index (χ0v) is 18.6. The van der Waals surface area contributed by atoms with Crippen LogP contribution in [0.15, 0.2) is 24.3 Å². The normalized spacial score (nSPS) is 11.4. The number of benzene rings is 4. The van der Waals surface area contributed by atoms with Crippen LogP contribution >= 0.6 is 0 Å². The highest BCUT2D eigenvalue weighted by molar-refractivity contribution is 6.96. The maximum Gasteiger partial charge on any atom is 0.261 e. The molecule has 0 bridgehead atoms. The van der Waals surface area contributed by atoms with Gasteiger partial charge in [-0.3, -0.25) is 0 Å². The zero-order valence-electron chi connectivity index (χ0n) is 18.6. The van der Waals surface area contributed by atoms with Crippen molar-refractivity contribution in [3.8, 4) is 11.1 Å². The van der Waals surface area contributed by atoms with Gasteiger partial charge in [0, 0.05) is 16.5 Å². The third kappa shape index (κ3) is 4.16. The Bertz CT molecular complexity index is 1630. The molecule has 0 fully saturated rings. The summed E-state index contributed by atoms with van der Waals surface area (Å²) in [6.45, 7) is -3.53. The second-order valence-electron chi connectivity index (χ2n) is 7.94. The fourth-order valence-corrected chi connectivity index (χ4v) is 4.04. The van der Waals surface area contributed by atoms with Crippen LogP contribution in [0.5, 0.6) is 0 Å². The van der Waals surface area contributed by atoms with E-state index in [2.05, 4.69) is 0 Å². The van der Waals surface area contributed by atoms with Gasteiger partial charge in [-0.05, 0) is 29.7 Å². The molecule has 0 aliphatic heterocycles. The summed E-state index contributed by atoms with van der Waals surface area (Å²) in [5.41, 5.74) is -11.7. The molecule has 0 nitrogen and oxygen atoms in total. The van der Waals surface area contributed by atoms with E-state index in [9.17, 15) is 57.1 Å². The molecule has 208 valence electrons. The third-order valence-corrected chi connectivity index (χ3v) is 5.79. The molecule has 4 aromatic rings. The van der Waals surface area contributed by atoms with Gasteiger partial charge in [0.25, 0.3) is 6.71 Å². The zero-order chi connectivity index (χ0) is 30.0. The summed E-state index contributed by atoms with van der Waals surface area (Å²) in [5.74, 6) is -39.9. The maximum atomic E-state index is 15.3. The first kappa shape index (κ1) is 28.9. The maximum absolute atomic E-state index is 15.3. The second kappa shape index (κ2) is 10.1. The van der Waals surface area contributed by atoms with Gasteiger partial charge in [-0.1, -0.05) is 0 Å². The molecule has 0 unspecified atom stereocenters. The van der Waals surface area contributed by atoms with E-state index in [1.54, 1.807) is 0 Å². The van der Waals surface area contributed by atoms with Gasteiger partial charge in [0.1, 0.15) is 11.6 Å². The minimum atomic E-state index is -3.53. The minimum absolute atomic E-state index is 0.0159. The molecule has 0 N–H and O–H groups in total. The third-order valence-electron chi connectivity index (χ3n) is 5.79. The van der Waals surface area contributed by atoms with E-state index in [4.69, 9.17) is 0 Å². The Kier molecular flexibility index (Phi) is 7.32. The summed E-state index contributed by atoms with van der Waals surface area (Å²) < 4.78 is 218. The standard InChI is InChI=1S/C24H4BF15/c26-5-1-3-7(28)14(30)11(5)25(12-6(27)2-4-8(29)15(12)31)13-9(16(32)20(36)23(39)19(13)35)10-17(33)21(37)24(40)22(38)18(10)34/h1-4H. The summed E-state index contributed by atoms with van der Waals surface area (Å²) in [7, 11) is 0. The lowest BCUT2D eigenvalue weighted by molar-refractivity contribution is 0.379. The summed E-state index contributed by atoms with van der Waals surface area (Å²) in [6, 6.07) is 0.136. The molecule has 0 spiro atoms. The van der Waals surface area contributed by atoms with E-state index in [0.717, 1.165) is 0 Å². The summed E-state index contributed by atoms with van der Waals surface area (Å²) in [5, 5.41) is 0. The molecule has 4 rings (SSSR count). The predicted octanol–water partition coefficient (Wildman–Crippen LogP) is 5.96. The molecule has 40 heavy (non-hydrogen) atoms. The fourth-order valence-electron chi connectivity index (χ4n) is 4.04. The molecular formula is C24H4BF15. The topological polar surface area (TPSA) is 0 Å². The SMILES string of the molecule is Fc1ccc(F)c(B(c2c(F)ccc(F)c2F)c2c(F)c(F)c(F)c(F)c2-c2c(F)c(F)c(F)c(F)c2F)c1F. The van der Waals surface area contributed by atoms with Crippen LogP contribution in [0.4, 0.5) is 65.9 Å². The van der Waals surface area contributed by atoms with Crippen LogP contribution in [0, 0.1) is 87.3 Å². The van der Waals surface area contributed by atoms with Crippen molar-refractivity contribution in [2.75, 3.05) is 0 Å². The van der Waals surface area contributed by atoms with Gasteiger partial charge in [0.05, 0.1) is 5.56 Å². The second-order valence-corrected chi connectivity index (χ2v) is 7.94. The van der Waals surface area contributed by atoms with Gasteiger partial charge in [0.2, 0.25) is 5.82 Å². The molecule has 0 amide bonds. The van der Waals surface area contributed by atoms with Gasteiger partial charge >= 0.3 is 0 Å². The van der Waals surface area contributed by atoms with Gasteiger partial charge in [-0.2, -0.15) is 0 Å². The van der Waals surface area contributed by atoms with Crippen LogP contribution in [-0.4, -0.2) is 6.71 Å². The first-order valence-corrected chi connectivity index (χ1v) is 10.3. The van der Waals surface area contributed by atoms with E-state index in [1.165, 1.54) is 0 Å². The highest BCUT2D eigenvalue weighted by Crippen LogP contribution is 2.35. The lowest BCUT2D eigenvalue weighted by atomic mass is 9.35. The van der Waals surface area contributed by atoms with Crippen LogP contribution in [-0.2, 0) is 0 Å². The van der Waals surface area contributed by atoms with Crippen molar-refractivity contribution >= 4 is 23.1 Å². The van der Waals surface area contributed by atoms with Crippen LogP contribution < -0.4 is 16.4 Å². The lowest BCUT2D eigenvalue weighted by Crippen LogP contribution is -2.59. The number of halogens is 15. The molecule has 0 saturated heterocycles. The van der Waals surface area contributed by atoms with E-state index in [1.807, 2.05) is 0 Å². The largest absolute Gasteiger partial charge is 0.261 e. The molecule has 0 aliphatic rings.